The van der Waals surface area contributed by atoms with Crippen LogP contribution in [0.15, 0.2) is 54.6 Å². The van der Waals surface area contributed by atoms with Gasteiger partial charge in [0.1, 0.15) is 0 Å². The number of Topliss-reactive ketones (excluding diaryl/α,β-unsaturated/α-hetero) is 1. The second kappa shape index (κ2) is 15.0. The average Bonchev–Trinajstić information content (AvgIpc) is 3.38. The van der Waals surface area contributed by atoms with E-state index in [0.29, 0.717) is 25.6 Å². The van der Waals surface area contributed by atoms with Crippen LogP contribution in [0, 0.1) is 5.92 Å². The van der Waals surface area contributed by atoms with Crippen LogP contribution in [0.1, 0.15) is 51.2 Å². The van der Waals surface area contributed by atoms with Crippen LogP contribution in [0.25, 0.3) is 0 Å². The molecule has 3 rings (SSSR count). The van der Waals surface area contributed by atoms with Crippen LogP contribution in [-0.2, 0) is 27.5 Å². The predicted molar refractivity (Wildman–Crippen MR) is 155 cm³/mol. The molecule has 1 aliphatic heterocycles. The first-order valence-electron chi connectivity index (χ1n) is 13.6. The molecule has 11 heteroatoms. The van der Waals surface area contributed by atoms with Crippen molar-refractivity contribution in [3.63, 3.8) is 0 Å². The number of ketones is 1. The number of carbonyl (C=O) groups is 5. The Hall–Kier alpha value is -3.99. The Bertz CT molecular complexity index is 1190. The van der Waals surface area contributed by atoms with Gasteiger partial charge < -0.3 is 25.8 Å². The van der Waals surface area contributed by atoms with E-state index in [9.17, 15) is 24.0 Å². The number of hydrogen-bond donors (Lipinski definition) is 4. The number of nitrogens with one attached hydrogen (secondary N) is 4. The fourth-order valence-corrected chi connectivity index (χ4v) is 6.24. The smallest absolute Gasteiger partial charge is 0.307 e. The highest BCUT2D eigenvalue weighted by molar-refractivity contribution is 6.89. The van der Waals surface area contributed by atoms with E-state index in [1.165, 1.54) is 0 Å². The second-order valence-electron chi connectivity index (χ2n) is 10.2. The highest BCUT2D eigenvalue weighted by Crippen LogP contribution is 2.21. The predicted octanol–water partition coefficient (Wildman–Crippen LogP) is 3.22. The minimum absolute atomic E-state index is 0.0974. The molecule has 0 saturated carbocycles. The summed E-state index contributed by atoms with van der Waals surface area (Å²) in [6.07, 6.45) is 1.62. The largest absolute Gasteiger partial charge is 0.356 e. The summed E-state index contributed by atoms with van der Waals surface area (Å²) < 4.78 is 0. The quantitative estimate of drug-likeness (QED) is 0.219. The van der Waals surface area contributed by atoms with Crippen molar-refractivity contribution in [2.24, 2.45) is 5.92 Å². The van der Waals surface area contributed by atoms with Crippen LogP contribution in [0.4, 0.5) is 15.3 Å². The number of amides is 5. The van der Waals surface area contributed by atoms with Crippen LogP contribution < -0.4 is 25.8 Å². The molecule has 1 radical (unpaired) electrons. The molecule has 1 unspecified atom stereocenters. The van der Waals surface area contributed by atoms with Crippen LogP contribution in [0.2, 0.25) is 6.04 Å². The molecule has 40 heavy (non-hydrogen) atoms. The van der Waals surface area contributed by atoms with Gasteiger partial charge in [0.15, 0.2) is 0 Å². The third-order valence-corrected chi connectivity index (χ3v) is 8.92. The molecule has 10 nitrogen and oxygen atoms in total. The van der Waals surface area contributed by atoms with Gasteiger partial charge in [-0.05, 0) is 48.1 Å². The van der Waals surface area contributed by atoms with Crippen molar-refractivity contribution in [2.45, 2.75) is 65.2 Å². The average molecular weight is 565 g/mol. The van der Waals surface area contributed by atoms with Crippen molar-refractivity contribution in [1.29, 1.82) is 0 Å². The molecule has 0 spiro atoms. The van der Waals surface area contributed by atoms with E-state index < -0.39 is 38.3 Å². The van der Waals surface area contributed by atoms with Gasteiger partial charge >= 0.3 is 6.03 Å². The Labute approximate surface area is 237 Å². The van der Waals surface area contributed by atoms with Gasteiger partial charge in [0.05, 0.1) is 6.04 Å². The minimum atomic E-state index is -2.08. The first-order valence-corrected chi connectivity index (χ1v) is 15.4. The van der Waals surface area contributed by atoms with Gasteiger partial charge in [0.2, 0.25) is 17.2 Å². The Morgan fingerprint density at radius 1 is 0.925 bits per heavy atom. The SMILES string of the molecule is CCC(NC(=O)[Si](CC(C)C)NC(=O)NCc1ccccc1)C(=O)C(=O)NCc1ccc(N2CCCC2=O)cc1. The topological polar surface area (TPSA) is 137 Å². The highest BCUT2D eigenvalue weighted by Gasteiger charge is 2.31. The zero-order chi connectivity index (χ0) is 29.1. The van der Waals surface area contributed by atoms with E-state index >= 15 is 0 Å². The Morgan fingerprint density at radius 2 is 1.57 bits per heavy atom. The van der Waals surface area contributed by atoms with E-state index in [1.807, 2.05) is 56.3 Å². The van der Waals surface area contributed by atoms with Gasteiger partial charge in [-0.2, -0.15) is 0 Å². The third kappa shape index (κ3) is 9.04. The maximum atomic E-state index is 13.1. The van der Waals surface area contributed by atoms with Gasteiger partial charge in [-0.3, -0.25) is 19.2 Å². The summed E-state index contributed by atoms with van der Waals surface area (Å²) in [6, 6.07) is 15.7. The lowest BCUT2D eigenvalue weighted by Gasteiger charge is -2.21. The number of nitrogens with zero attached hydrogens (tertiary/aromatic N) is 1. The molecule has 213 valence electrons. The minimum Gasteiger partial charge on any atom is -0.356 e. The van der Waals surface area contributed by atoms with E-state index in [2.05, 4.69) is 20.9 Å². The number of urea groups is 1. The van der Waals surface area contributed by atoms with E-state index in [0.717, 1.165) is 23.2 Å². The zero-order valence-electron chi connectivity index (χ0n) is 23.3. The summed E-state index contributed by atoms with van der Waals surface area (Å²) in [6.45, 7) is 6.76. The summed E-state index contributed by atoms with van der Waals surface area (Å²) in [4.78, 5) is 67.6. The summed E-state index contributed by atoms with van der Waals surface area (Å²) in [5, 5.41) is 8.07. The fourth-order valence-electron chi connectivity index (χ4n) is 4.31. The maximum Gasteiger partial charge on any atom is 0.307 e. The lowest BCUT2D eigenvalue weighted by atomic mass is 10.1. The maximum absolute atomic E-state index is 13.1. The molecular weight excluding hydrogens is 526 g/mol. The van der Waals surface area contributed by atoms with Gasteiger partial charge in [0, 0.05) is 31.7 Å². The van der Waals surface area contributed by atoms with Gasteiger partial charge in [-0.25, -0.2) is 4.79 Å². The lowest BCUT2D eigenvalue weighted by molar-refractivity contribution is -0.139. The van der Waals surface area contributed by atoms with E-state index in [4.69, 9.17) is 0 Å². The fraction of sp³-hybridized carbons (Fsp3) is 0.414. The molecule has 0 aliphatic carbocycles. The van der Waals surface area contributed by atoms with Gasteiger partial charge in [0.25, 0.3) is 14.9 Å². The molecular formula is C29H38N5O5Si. The Balaban J connectivity index is 1.52. The van der Waals surface area contributed by atoms with Crippen molar-refractivity contribution in [3.05, 3.63) is 65.7 Å². The number of rotatable bonds is 13. The monoisotopic (exact) mass is 564 g/mol. The standard InChI is InChI=1S/C29H38N5O5Si/c1-4-24(26(36)27(37)30-17-22-12-14-23(15-13-22)34-16-8-11-25(34)35)32-29(39)40(19-20(2)3)33-28(38)31-18-21-9-6-5-7-10-21/h5-7,9-10,12-15,20,24H,4,8,11,16-19H2,1-3H3,(H,30,37)(H,32,39)(H2,31,33,38). The van der Waals surface area contributed by atoms with Crippen molar-refractivity contribution in [1.82, 2.24) is 20.9 Å². The van der Waals surface area contributed by atoms with Crippen LogP contribution in [0.3, 0.4) is 0 Å². The first-order chi connectivity index (χ1) is 19.2. The molecule has 2 aromatic carbocycles. The summed E-state index contributed by atoms with van der Waals surface area (Å²) in [7, 11) is -2.08. The van der Waals surface area contributed by atoms with Crippen LogP contribution in [-0.4, -0.2) is 50.7 Å². The van der Waals surface area contributed by atoms with E-state index in [-0.39, 0.29) is 24.8 Å². The number of benzene rings is 2. The molecule has 1 heterocycles. The number of carbonyl (C=O) groups excluding carboxylic acids is 5. The second-order valence-corrected chi connectivity index (χ2v) is 12.2. The van der Waals surface area contributed by atoms with Crippen molar-refractivity contribution in [2.75, 3.05) is 11.4 Å². The molecule has 4 N–H and O–H groups in total. The lowest BCUT2D eigenvalue weighted by Crippen LogP contribution is -2.57. The highest BCUT2D eigenvalue weighted by atomic mass is 28.3. The summed E-state index contributed by atoms with van der Waals surface area (Å²) in [5.74, 6) is -1.30. The van der Waals surface area contributed by atoms with Crippen molar-refractivity contribution in [3.8, 4) is 0 Å². The molecule has 1 atom stereocenters. The Morgan fingerprint density at radius 3 is 2.17 bits per heavy atom. The third-order valence-electron chi connectivity index (χ3n) is 6.48. The van der Waals surface area contributed by atoms with E-state index in [1.54, 1.807) is 24.0 Å². The first kappa shape index (κ1) is 30.5. The van der Waals surface area contributed by atoms with Crippen molar-refractivity contribution < 1.29 is 24.0 Å². The zero-order valence-corrected chi connectivity index (χ0v) is 24.3. The molecule has 0 bridgehead atoms. The number of anilines is 1. The van der Waals surface area contributed by atoms with Crippen molar-refractivity contribution >= 4 is 43.8 Å². The molecule has 1 saturated heterocycles. The normalized spacial score (nSPS) is 13.7. The van der Waals surface area contributed by atoms with Gasteiger partial charge in [-0.1, -0.05) is 63.2 Å². The molecule has 2 aromatic rings. The Kier molecular flexibility index (Phi) is 11.4. The summed E-state index contributed by atoms with van der Waals surface area (Å²) >= 11 is 0. The molecule has 1 aliphatic rings. The van der Waals surface area contributed by atoms with Crippen LogP contribution >= 0.6 is 0 Å². The molecule has 5 amide bonds. The van der Waals surface area contributed by atoms with Crippen LogP contribution in [0.5, 0.6) is 0 Å². The van der Waals surface area contributed by atoms with Gasteiger partial charge in [-0.15, -0.1) is 0 Å². The molecule has 0 aromatic heterocycles. The molecule has 1 fully saturated rings. The number of hydrogen-bond acceptors (Lipinski definition) is 5. The summed E-state index contributed by atoms with van der Waals surface area (Å²) in [5.41, 5.74) is 2.10.